The summed E-state index contributed by atoms with van der Waals surface area (Å²) in [5.41, 5.74) is 2.40. The number of benzene rings is 1. The number of morpholine rings is 1. The topological polar surface area (TPSA) is 103 Å². The average molecular weight is 491 g/mol. The SMILES string of the molecule is O=C(Nc1cccc(C(F)(F)F)c1)c1ccc(/C=N/NC2=NCC(F)=C(N3CCOCC3)N2)nc1. The van der Waals surface area contributed by atoms with Gasteiger partial charge in [0.05, 0.1) is 42.8 Å². The minimum atomic E-state index is -4.51. The van der Waals surface area contributed by atoms with Crippen LogP contribution in [0.2, 0.25) is 0 Å². The van der Waals surface area contributed by atoms with Crippen LogP contribution < -0.4 is 16.1 Å². The van der Waals surface area contributed by atoms with Gasteiger partial charge in [-0.05, 0) is 30.3 Å². The number of aromatic nitrogens is 1. The quantitative estimate of drug-likeness (QED) is 0.338. The Bertz CT molecular complexity index is 1160. The summed E-state index contributed by atoms with van der Waals surface area (Å²) in [6.07, 6.45) is -1.86. The number of halogens is 4. The minimum Gasteiger partial charge on any atom is -0.378 e. The molecule has 1 aromatic heterocycles. The van der Waals surface area contributed by atoms with Gasteiger partial charge in [0, 0.05) is 25.0 Å². The number of guanidine groups is 1. The molecule has 2 aliphatic rings. The zero-order chi connectivity index (χ0) is 24.8. The number of nitrogens with zero attached hydrogens (tertiary/aromatic N) is 4. The van der Waals surface area contributed by atoms with Crippen molar-refractivity contribution in [2.45, 2.75) is 6.18 Å². The molecule has 1 aromatic carbocycles. The summed E-state index contributed by atoms with van der Waals surface area (Å²) in [4.78, 5) is 22.3. The predicted molar refractivity (Wildman–Crippen MR) is 120 cm³/mol. The lowest BCUT2D eigenvalue weighted by Crippen LogP contribution is -2.47. The summed E-state index contributed by atoms with van der Waals surface area (Å²) in [6, 6.07) is 7.32. The zero-order valence-corrected chi connectivity index (χ0v) is 18.3. The van der Waals surface area contributed by atoms with E-state index in [2.05, 4.69) is 31.1 Å². The van der Waals surface area contributed by atoms with E-state index in [0.29, 0.717) is 37.8 Å². The first-order valence-corrected chi connectivity index (χ1v) is 10.6. The Labute approximate surface area is 197 Å². The summed E-state index contributed by atoms with van der Waals surface area (Å²) in [5, 5.41) is 9.31. The summed E-state index contributed by atoms with van der Waals surface area (Å²) in [7, 11) is 0. The Balaban J connectivity index is 1.31. The monoisotopic (exact) mass is 491 g/mol. The number of alkyl halides is 3. The van der Waals surface area contributed by atoms with Crippen LogP contribution in [0.5, 0.6) is 0 Å². The van der Waals surface area contributed by atoms with Crippen molar-refractivity contribution in [3.63, 3.8) is 0 Å². The van der Waals surface area contributed by atoms with E-state index in [-0.39, 0.29) is 29.6 Å². The smallest absolute Gasteiger partial charge is 0.378 e. The van der Waals surface area contributed by atoms with Crippen molar-refractivity contribution in [1.82, 2.24) is 20.6 Å². The van der Waals surface area contributed by atoms with E-state index in [1.165, 1.54) is 36.7 Å². The van der Waals surface area contributed by atoms with E-state index in [9.17, 15) is 22.4 Å². The molecule has 9 nitrogen and oxygen atoms in total. The molecule has 0 spiro atoms. The fraction of sp³-hybridized carbons (Fsp3) is 0.273. The lowest BCUT2D eigenvalue weighted by molar-refractivity contribution is -0.137. The number of anilines is 1. The molecule has 2 aliphatic heterocycles. The van der Waals surface area contributed by atoms with Gasteiger partial charge < -0.3 is 20.3 Å². The Morgan fingerprint density at radius 1 is 1.20 bits per heavy atom. The molecule has 0 aliphatic carbocycles. The van der Waals surface area contributed by atoms with Gasteiger partial charge in [-0.1, -0.05) is 6.07 Å². The lowest BCUT2D eigenvalue weighted by Gasteiger charge is -2.32. The van der Waals surface area contributed by atoms with Crippen LogP contribution in [0.3, 0.4) is 0 Å². The number of ether oxygens (including phenoxy) is 1. The number of rotatable bonds is 5. The van der Waals surface area contributed by atoms with Gasteiger partial charge >= 0.3 is 6.18 Å². The van der Waals surface area contributed by atoms with Crippen LogP contribution in [-0.4, -0.2) is 60.8 Å². The molecule has 1 saturated heterocycles. The molecule has 0 bridgehead atoms. The van der Waals surface area contributed by atoms with Crippen molar-refractivity contribution in [2.24, 2.45) is 10.1 Å². The highest BCUT2D eigenvalue weighted by Gasteiger charge is 2.30. The van der Waals surface area contributed by atoms with Crippen LogP contribution in [0.1, 0.15) is 21.6 Å². The first-order valence-electron chi connectivity index (χ1n) is 10.6. The molecule has 35 heavy (non-hydrogen) atoms. The molecule has 0 unspecified atom stereocenters. The van der Waals surface area contributed by atoms with Crippen molar-refractivity contribution in [1.29, 1.82) is 0 Å². The molecule has 0 saturated carbocycles. The summed E-state index contributed by atoms with van der Waals surface area (Å²) in [6.45, 7) is 2.02. The summed E-state index contributed by atoms with van der Waals surface area (Å²) >= 11 is 0. The fourth-order valence-corrected chi connectivity index (χ4v) is 3.30. The Hall–Kier alpha value is -4.00. The van der Waals surface area contributed by atoms with E-state index in [0.717, 1.165) is 12.1 Å². The van der Waals surface area contributed by atoms with Crippen molar-refractivity contribution >= 4 is 23.8 Å². The molecular formula is C22H21F4N7O2. The second-order valence-corrected chi connectivity index (χ2v) is 7.52. The highest BCUT2D eigenvalue weighted by molar-refractivity contribution is 6.04. The van der Waals surface area contributed by atoms with Crippen LogP contribution in [0.25, 0.3) is 0 Å². The molecule has 4 rings (SSSR count). The van der Waals surface area contributed by atoms with Gasteiger partial charge in [0.25, 0.3) is 5.91 Å². The second kappa shape index (κ2) is 10.5. The van der Waals surface area contributed by atoms with E-state index in [1.54, 1.807) is 0 Å². The number of carbonyl (C=O) groups is 1. The van der Waals surface area contributed by atoms with Gasteiger partial charge in [-0.2, -0.15) is 18.3 Å². The molecular weight excluding hydrogens is 470 g/mol. The number of carbonyl (C=O) groups excluding carboxylic acids is 1. The molecule has 3 heterocycles. The third kappa shape index (κ3) is 6.32. The van der Waals surface area contributed by atoms with E-state index >= 15 is 0 Å². The highest BCUT2D eigenvalue weighted by Crippen LogP contribution is 2.30. The molecule has 2 aromatic rings. The third-order valence-corrected chi connectivity index (χ3v) is 5.06. The van der Waals surface area contributed by atoms with Crippen molar-refractivity contribution in [3.8, 4) is 0 Å². The first kappa shape index (κ1) is 24.1. The zero-order valence-electron chi connectivity index (χ0n) is 18.3. The molecule has 184 valence electrons. The number of pyridine rings is 1. The van der Waals surface area contributed by atoms with Gasteiger partial charge in [0.1, 0.15) is 5.82 Å². The number of hydrazone groups is 1. The molecule has 1 amide bonds. The molecule has 1 fully saturated rings. The van der Waals surface area contributed by atoms with Crippen molar-refractivity contribution < 1.29 is 27.1 Å². The van der Waals surface area contributed by atoms with Crippen LogP contribution in [0.15, 0.2) is 64.3 Å². The minimum absolute atomic E-state index is 0.0161. The van der Waals surface area contributed by atoms with E-state index in [4.69, 9.17) is 4.74 Å². The van der Waals surface area contributed by atoms with Crippen LogP contribution in [0, 0.1) is 0 Å². The van der Waals surface area contributed by atoms with Gasteiger partial charge in [0.2, 0.25) is 5.96 Å². The maximum Gasteiger partial charge on any atom is 0.416 e. The normalized spacial score (nSPS) is 16.7. The molecule has 0 radical (unpaired) electrons. The predicted octanol–water partition coefficient (Wildman–Crippen LogP) is 2.71. The van der Waals surface area contributed by atoms with Gasteiger partial charge in [0.15, 0.2) is 5.83 Å². The van der Waals surface area contributed by atoms with Crippen LogP contribution in [0.4, 0.5) is 23.2 Å². The van der Waals surface area contributed by atoms with Gasteiger partial charge in [-0.25, -0.2) is 14.8 Å². The highest BCUT2D eigenvalue weighted by atomic mass is 19.4. The Morgan fingerprint density at radius 2 is 2.00 bits per heavy atom. The average Bonchev–Trinajstić information content (AvgIpc) is 2.85. The van der Waals surface area contributed by atoms with E-state index < -0.39 is 17.6 Å². The standard InChI is InChI=1S/C22H21F4N7O2/c23-18-13-28-21(31-19(18)33-6-8-35-9-7-33)32-29-12-17-5-4-14(11-27-17)20(34)30-16-3-1-2-15(10-16)22(24,25)26/h1-5,10-12H,6-9,13H2,(H,30,34)(H2,28,31,32)/b29-12+. The second-order valence-electron chi connectivity index (χ2n) is 7.52. The Kier molecular flexibility index (Phi) is 7.25. The van der Waals surface area contributed by atoms with E-state index in [1.807, 2.05) is 4.90 Å². The maximum atomic E-state index is 14.2. The molecule has 3 N–H and O–H groups in total. The van der Waals surface area contributed by atoms with Crippen LogP contribution in [-0.2, 0) is 10.9 Å². The number of amides is 1. The molecule has 13 heteroatoms. The fourth-order valence-electron chi connectivity index (χ4n) is 3.30. The first-order chi connectivity index (χ1) is 16.8. The lowest BCUT2D eigenvalue weighted by atomic mass is 10.2. The van der Waals surface area contributed by atoms with Crippen molar-refractivity contribution in [3.05, 3.63) is 71.1 Å². The maximum absolute atomic E-state index is 14.2. The number of aliphatic imine (C=N–C) groups is 1. The Morgan fingerprint density at radius 3 is 2.71 bits per heavy atom. The van der Waals surface area contributed by atoms with Crippen LogP contribution >= 0.6 is 0 Å². The van der Waals surface area contributed by atoms with Gasteiger partial charge in [-0.15, -0.1) is 0 Å². The summed E-state index contributed by atoms with van der Waals surface area (Å²) in [5.74, 6) is -0.387. The number of nitrogens with one attached hydrogen (secondary N) is 3. The third-order valence-electron chi connectivity index (χ3n) is 5.06. The largest absolute Gasteiger partial charge is 0.416 e. The molecule has 0 atom stereocenters. The summed E-state index contributed by atoms with van der Waals surface area (Å²) < 4.78 is 58.0. The number of hydrogen-bond acceptors (Lipinski definition) is 8. The number of hydrogen-bond donors (Lipinski definition) is 3. The van der Waals surface area contributed by atoms with Gasteiger partial charge in [-0.3, -0.25) is 9.78 Å². The van der Waals surface area contributed by atoms with Crippen molar-refractivity contribution in [2.75, 3.05) is 38.2 Å².